The minimum absolute atomic E-state index is 0.0281. The molecule has 0 aliphatic carbocycles. The Morgan fingerprint density at radius 3 is 2.37 bits per heavy atom. The number of aliphatic hydroxyl groups is 1. The van der Waals surface area contributed by atoms with Crippen LogP contribution in [-0.4, -0.2) is 37.3 Å². The first kappa shape index (κ1) is 21.4. The van der Waals surface area contributed by atoms with E-state index in [9.17, 15) is 18.6 Å². The molecule has 0 bridgehead atoms. The molecule has 0 radical (unpaired) electrons. The van der Waals surface area contributed by atoms with Crippen LogP contribution < -0.4 is 10.5 Å². The molecular weight excluding hydrogens is 364 g/mol. The summed E-state index contributed by atoms with van der Waals surface area (Å²) in [7, 11) is -3.75. The molecule has 2 atom stereocenters. The highest BCUT2D eigenvalue weighted by Gasteiger charge is 2.23. The molecule has 7 heteroatoms. The van der Waals surface area contributed by atoms with Gasteiger partial charge >= 0.3 is 0 Å². The summed E-state index contributed by atoms with van der Waals surface area (Å²) in [6.45, 7) is 4.12. The maximum atomic E-state index is 12.6. The van der Waals surface area contributed by atoms with Gasteiger partial charge in [0.25, 0.3) is 0 Å². The molecule has 2 rings (SSSR count). The molecule has 0 fully saturated rings. The lowest BCUT2D eigenvalue weighted by Gasteiger charge is -2.21. The summed E-state index contributed by atoms with van der Waals surface area (Å²) in [5.74, 6) is 0.0989. The lowest BCUT2D eigenvalue weighted by Crippen LogP contribution is -2.38. The van der Waals surface area contributed by atoms with Crippen molar-refractivity contribution in [3.63, 3.8) is 0 Å². The summed E-state index contributed by atoms with van der Waals surface area (Å²) in [6, 6.07) is 13.0. The molecule has 0 amide bonds. The Balaban J connectivity index is 2.18. The van der Waals surface area contributed by atoms with Gasteiger partial charge in [-0.3, -0.25) is 0 Å². The fourth-order valence-corrected chi connectivity index (χ4v) is 4.18. The molecule has 0 heterocycles. The number of phenolic OH excluding ortho intramolecular Hbond substituents is 1. The van der Waals surface area contributed by atoms with E-state index in [0.29, 0.717) is 18.5 Å². The minimum atomic E-state index is -3.75. The zero-order valence-corrected chi connectivity index (χ0v) is 16.5. The Labute approximate surface area is 161 Å². The van der Waals surface area contributed by atoms with Gasteiger partial charge in [-0.1, -0.05) is 44.2 Å². The van der Waals surface area contributed by atoms with Gasteiger partial charge in [0.05, 0.1) is 11.0 Å². The van der Waals surface area contributed by atoms with Crippen molar-refractivity contribution in [2.24, 2.45) is 11.7 Å². The fraction of sp³-hybridized carbons (Fsp3) is 0.400. The largest absolute Gasteiger partial charge is 0.508 e. The molecule has 6 nitrogen and oxygen atoms in total. The van der Waals surface area contributed by atoms with Gasteiger partial charge in [-0.15, -0.1) is 0 Å². The van der Waals surface area contributed by atoms with E-state index < -0.39 is 22.2 Å². The van der Waals surface area contributed by atoms with Crippen molar-refractivity contribution < 1.29 is 18.6 Å². The van der Waals surface area contributed by atoms with E-state index in [0.717, 1.165) is 5.56 Å². The number of nitrogens with two attached hydrogens (primary N) is 1. The summed E-state index contributed by atoms with van der Waals surface area (Å²) in [5, 5.41) is 20.3. The average Bonchev–Trinajstić information content (AvgIpc) is 2.60. The fourth-order valence-electron chi connectivity index (χ4n) is 2.74. The highest BCUT2D eigenvalue weighted by Crippen LogP contribution is 2.23. The van der Waals surface area contributed by atoms with Crippen LogP contribution >= 0.6 is 0 Å². The van der Waals surface area contributed by atoms with Crippen molar-refractivity contribution in [2.45, 2.75) is 43.7 Å². The first-order chi connectivity index (χ1) is 12.7. The number of rotatable bonds is 9. The summed E-state index contributed by atoms with van der Waals surface area (Å²) in [6.07, 6.45) is -0.458. The van der Waals surface area contributed by atoms with Crippen LogP contribution in [0.1, 0.15) is 25.0 Å². The van der Waals surface area contributed by atoms with Gasteiger partial charge in [0.1, 0.15) is 5.75 Å². The van der Waals surface area contributed by atoms with Crippen molar-refractivity contribution in [3.8, 4) is 5.75 Å². The minimum Gasteiger partial charge on any atom is -0.508 e. The second-order valence-corrected chi connectivity index (χ2v) is 8.90. The summed E-state index contributed by atoms with van der Waals surface area (Å²) in [4.78, 5) is 0.0481. The lowest BCUT2D eigenvalue weighted by atomic mass is 9.97. The third-order valence-electron chi connectivity index (χ3n) is 4.25. The summed E-state index contributed by atoms with van der Waals surface area (Å²) in [5.41, 5.74) is 7.44. The number of aliphatic hydroxyl groups excluding tert-OH is 1. The van der Waals surface area contributed by atoms with Gasteiger partial charge in [-0.25, -0.2) is 13.1 Å². The maximum absolute atomic E-state index is 12.6. The monoisotopic (exact) mass is 392 g/mol. The molecule has 0 aromatic heterocycles. The van der Waals surface area contributed by atoms with E-state index in [4.69, 9.17) is 5.73 Å². The Kier molecular flexibility index (Phi) is 7.38. The molecule has 2 aromatic carbocycles. The first-order valence-corrected chi connectivity index (χ1v) is 10.5. The number of hydrogen-bond donors (Lipinski definition) is 4. The van der Waals surface area contributed by atoms with Gasteiger partial charge < -0.3 is 15.9 Å². The zero-order chi connectivity index (χ0) is 20.0. The molecule has 0 aliphatic heterocycles. The third kappa shape index (κ3) is 6.32. The normalized spacial score (nSPS) is 14.3. The van der Waals surface area contributed by atoms with Crippen LogP contribution in [0.2, 0.25) is 0 Å². The quantitative estimate of drug-likeness (QED) is 0.520. The SMILES string of the molecule is CC(C)CNS(=O)(=O)c1ccc(O)cc1C[C@@H](O)[C@@H](N)Cc1ccccc1. The standard InChI is InChI=1S/C20H28N2O4S/c1-14(2)13-22-27(25,26)20-9-8-17(23)11-16(20)12-19(24)18(21)10-15-6-4-3-5-7-15/h3-9,11,14,18-19,22-24H,10,12-13,21H2,1-2H3/t18-,19+/m0/s1. The second kappa shape index (κ2) is 9.32. The van der Waals surface area contributed by atoms with Crippen molar-refractivity contribution in [1.82, 2.24) is 4.72 Å². The van der Waals surface area contributed by atoms with Gasteiger partial charge in [0, 0.05) is 19.0 Å². The highest BCUT2D eigenvalue weighted by molar-refractivity contribution is 7.89. The molecule has 148 valence electrons. The van der Waals surface area contributed by atoms with Crippen LogP contribution in [0.15, 0.2) is 53.4 Å². The molecule has 2 aromatic rings. The smallest absolute Gasteiger partial charge is 0.240 e. The molecule has 0 spiro atoms. The Morgan fingerprint density at radius 2 is 1.74 bits per heavy atom. The van der Waals surface area contributed by atoms with Crippen LogP contribution in [0.4, 0.5) is 0 Å². The average molecular weight is 393 g/mol. The molecule has 0 unspecified atom stereocenters. The van der Waals surface area contributed by atoms with Gasteiger partial charge in [0.2, 0.25) is 10.0 Å². The van der Waals surface area contributed by atoms with Gasteiger partial charge in [0.15, 0.2) is 0 Å². The predicted octanol–water partition coefficient (Wildman–Crippen LogP) is 1.80. The van der Waals surface area contributed by atoms with Crippen LogP contribution in [0.5, 0.6) is 5.75 Å². The van der Waals surface area contributed by atoms with E-state index in [1.54, 1.807) is 0 Å². The van der Waals surface area contributed by atoms with E-state index in [-0.39, 0.29) is 23.0 Å². The van der Waals surface area contributed by atoms with Crippen LogP contribution in [0.3, 0.4) is 0 Å². The Morgan fingerprint density at radius 1 is 1.07 bits per heavy atom. The molecule has 27 heavy (non-hydrogen) atoms. The van der Waals surface area contributed by atoms with Crippen LogP contribution in [0, 0.1) is 5.92 Å². The Hall–Kier alpha value is -1.93. The predicted molar refractivity (Wildman–Crippen MR) is 106 cm³/mol. The van der Waals surface area contributed by atoms with Crippen molar-refractivity contribution in [2.75, 3.05) is 6.54 Å². The van der Waals surface area contributed by atoms with E-state index in [1.165, 1.54) is 18.2 Å². The van der Waals surface area contributed by atoms with Gasteiger partial charge in [-0.05, 0) is 41.7 Å². The molecular formula is C20H28N2O4S. The van der Waals surface area contributed by atoms with Crippen molar-refractivity contribution in [3.05, 3.63) is 59.7 Å². The number of nitrogens with one attached hydrogen (secondary N) is 1. The van der Waals surface area contributed by atoms with E-state index in [2.05, 4.69) is 4.72 Å². The third-order valence-corrected chi connectivity index (χ3v) is 5.78. The number of hydrogen-bond acceptors (Lipinski definition) is 5. The van der Waals surface area contributed by atoms with Gasteiger partial charge in [-0.2, -0.15) is 0 Å². The molecule has 5 N–H and O–H groups in total. The molecule has 0 aliphatic rings. The number of aromatic hydroxyl groups is 1. The van der Waals surface area contributed by atoms with Crippen LogP contribution in [-0.2, 0) is 22.9 Å². The number of phenols is 1. The lowest BCUT2D eigenvalue weighted by molar-refractivity contribution is 0.143. The zero-order valence-electron chi connectivity index (χ0n) is 15.7. The molecule has 0 saturated carbocycles. The maximum Gasteiger partial charge on any atom is 0.240 e. The van der Waals surface area contributed by atoms with Crippen molar-refractivity contribution in [1.29, 1.82) is 0 Å². The number of sulfonamides is 1. The first-order valence-electron chi connectivity index (χ1n) is 8.98. The Bertz CT molecular complexity index is 838. The highest BCUT2D eigenvalue weighted by atomic mass is 32.2. The topological polar surface area (TPSA) is 113 Å². The van der Waals surface area contributed by atoms with E-state index >= 15 is 0 Å². The van der Waals surface area contributed by atoms with Crippen molar-refractivity contribution >= 4 is 10.0 Å². The molecule has 0 saturated heterocycles. The van der Waals surface area contributed by atoms with E-state index in [1.807, 2.05) is 44.2 Å². The van der Waals surface area contributed by atoms with Crippen LogP contribution in [0.25, 0.3) is 0 Å². The summed E-state index contributed by atoms with van der Waals surface area (Å²) < 4.78 is 27.8. The second-order valence-electron chi connectivity index (χ2n) is 7.16. The number of benzene rings is 2. The summed E-state index contributed by atoms with van der Waals surface area (Å²) >= 11 is 0.